The van der Waals surface area contributed by atoms with E-state index in [9.17, 15) is 4.79 Å². The van der Waals surface area contributed by atoms with Crippen molar-refractivity contribution in [2.24, 2.45) is 24.8 Å². The van der Waals surface area contributed by atoms with Gasteiger partial charge in [-0.05, 0) is 69.3 Å². The molecule has 4 heteroatoms. The molecule has 4 bridgehead atoms. The predicted octanol–water partition coefficient (Wildman–Crippen LogP) is 2.43. The zero-order valence-electron chi connectivity index (χ0n) is 12.4. The Morgan fingerprint density at radius 2 is 1.80 bits per heavy atom. The number of amides is 1. The smallest absolute Gasteiger partial charge is 0.269 e. The third kappa shape index (κ3) is 1.88. The summed E-state index contributed by atoms with van der Waals surface area (Å²) in [6.07, 6.45) is 7.80. The number of aryl methyl sites for hydroxylation is 2. The van der Waals surface area contributed by atoms with E-state index in [2.05, 4.69) is 10.4 Å². The molecule has 5 rings (SSSR count). The van der Waals surface area contributed by atoms with Crippen molar-refractivity contribution in [1.82, 2.24) is 15.1 Å². The highest BCUT2D eigenvalue weighted by molar-refractivity contribution is 5.93. The normalized spacial score (nSPS) is 38.2. The topological polar surface area (TPSA) is 46.9 Å². The molecule has 0 aromatic carbocycles. The van der Waals surface area contributed by atoms with Gasteiger partial charge in [0.05, 0.1) is 5.69 Å². The van der Waals surface area contributed by atoms with Crippen LogP contribution < -0.4 is 5.32 Å². The number of nitrogens with one attached hydrogen (secondary N) is 1. The Balaban J connectivity index is 1.57. The molecule has 0 atom stereocenters. The molecule has 0 unspecified atom stereocenters. The third-order valence-electron chi connectivity index (χ3n) is 5.65. The lowest BCUT2D eigenvalue weighted by molar-refractivity contribution is -0.0168. The van der Waals surface area contributed by atoms with Gasteiger partial charge >= 0.3 is 0 Å². The quantitative estimate of drug-likeness (QED) is 0.899. The molecule has 0 aliphatic heterocycles. The van der Waals surface area contributed by atoms with E-state index in [0.717, 1.165) is 23.4 Å². The Morgan fingerprint density at radius 3 is 2.25 bits per heavy atom. The van der Waals surface area contributed by atoms with Gasteiger partial charge in [0.15, 0.2) is 0 Å². The first-order valence-electron chi connectivity index (χ1n) is 7.86. The molecule has 4 aliphatic carbocycles. The molecule has 4 fully saturated rings. The van der Waals surface area contributed by atoms with Gasteiger partial charge in [-0.2, -0.15) is 5.10 Å². The molecule has 108 valence electrons. The Bertz CT molecular complexity index is 525. The van der Waals surface area contributed by atoms with E-state index in [-0.39, 0.29) is 11.4 Å². The number of hydrogen-bond acceptors (Lipinski definition) is 2. The van der Waals surface area contributed by atoms with Crippen LogP contribution in [0.25, 0.3) is 0 Å². The summed E-state index contributed by atoms with van der Waals surface area (Å²) < 4.78 is 1.70. The Hall–Kier alpha value is -1.32. The van der Waals surface area contributed by atoms with Crippen molar-refractivity contribution in [3.63, 3.8) is 0 Å². The second kappa shape index (κ2) is 4.09. The van der Waals surface area contributed by atoms with E-state index in [4.69, 9.17) is 0 Å². The highest BCUT2D eigenvalue weighted by Gasteiger charge is 2.51. The van der Waals surface area contributed by atoms with E-state index in [1.54, 1.807) is 4.68 Å². The van der Waals surface area contributed by atoms with Crippen LogP contribution in [0.3, 0.4) is 0 Å². The minimum Gasteiger partial charge on any atom is -0.345 e. The maximum Gasteiger partial charge on any atom is 0.269 e. The van der Waals surface area contributed by atoms with Crippen molar-refractivity contribution >= 4 is 5.91 Å². The van der Waals surface area contributed by atoms with Crippen LogP contribution in [-0.2, 0) is 7.05 Å². The molecule has 0 saturated heterocycles. The van der Waals surface area contributed by atoms with Gasteiger partial charge < -0.3 is 5.32 Å². The molecule has 4 nitrogen and oxygen atoms in total. The van der Waals surface area contributed by atoms with Gasteiger partial charge in [-0.15, -0.1) is 0 Å². The third-order valence-corrected chi connectivity index (χ3v) is 5.65. The molecule has 1 amide bonds. The number of carbonyl (C=O) groups is 1. The molecule has 0 radical (unpaired) electrons. The lowest BCUT2D eigenvalue weighted by Crippen LogP contribution is -2.60. The molecule has 4 saturated carbocycles. The lowest BCUT2D eigenvalue weighted by atomic mass is 9.53. The number of rotatable bonds is 2. The van der Waals surface area contributed by atoms with E-state index in [0.29, 0.717) is 5.69 Å². The maximum absolute atomic E-state index is 12.6. The number of nitrogens with zero attached hydrogens (tertiary/aromatic N) is 2. The highest BCUT2D eigenvalue weighted by atomic mass is 16.2. The number of hydrogen-bond donors (Lipinski definition) is 1. The van der Waals surface area contributed by atoms with Crippen molar-refractivity contribution in [3.8, 4) is 0 Å². The van der Waals surface area contributed by atoms with Crippen molar-refractivity contribution in [2.75, 3.05) is 0 Å². The summed E-state index contributed by atoms with van der Waals surface area (Å²) in [5.41, 5.74) is 1.69. The van der Waals surface area contributed by atoms with E-state index in [1.165, 1.54) is 38.5 Å². The van der Waals surface area contributed by atoms with Gasteiger partial charge in [0, 0.05) is 12.6 Å². The second-order valence-corrected chi connectivity index (χ2v) is 7.45. The summed E-state index contributed by atoms with van der Waals surface area (Å²) in [7, 11) is 1.85. The Kier molecular flexibility index (Phi) is 2.54. The first-order valence-corrected chi connectivity index (χ1v) is 7.86. The van der Waals surface area contributed by atoms with Crippen molar-refractivity contribution in [3.05, 3.63) is 17.5 Å². The lowest BCUT2D eigenvalue weighted by Gasteiger charge is -2.56. The summed E-state index contributed by atoms with van der Waals surface area (Å²) in [5, 5.41) is 7.68. The molecule has 4 aliphatic rings. The van der Waals surface area contributed by atoms with Crippen LogP contribution in [0.5, 0.6) is 0 Å². The Labute approximate surface area is 119 Å². The van der Waals surface area contributed by atoms with Gasteiger partial charge in [0.25, 0.3) is 5.91 Å². The first kappa shape index (κ1) is 12.4. The van der Waals surface area contributed by atoms with E-state index < -0.39 is 0 Å². The van der Waals surface area contributed by atoms with Gasteiger partial charge in [0.2, 0.25) is 0 Å². The van der Waals surface area contributed by atoms with Crippen molar-refractivity contribution in [2.45, 2.75) is 51.0 Å². The van der Waals surface area contributed by atoms with Crippen LogP contribution in [0.2, 0.25) is 0 Å². The van der Waals surface area contributed by atoms with Crippen LogP contribution in [-0.4, -0.2) is 21.2 Å². The monoisotopic (exact) mass is 273 g/mol. The zero-order chi connectivity index (χ0) is 13.9. The van der Waals surface area contributed by atoms with Gasteiger partial charge in [0.1, 0.15) is 5.69 Å². The largest absolute Gasteiger partial charge is 0.345 e. The summed E-state index contributed by atoms with van der Waals surface area (Å²) in [4.78, 5) is 12.6. The molecular formula is C16H23N3O. The molecule has 1 N–H and O–H groups in total. The maximum atomic E-state index is 12.6. The van der Waals surface area contributed by atoms with E-state index >= 15 is 0 Å². The van der Waals surface area contributed by atoms with Crippen molar-refractivity contribution in [1.29, 1.82) is 0 Å². The fourth-order valence-electron chi connectivity index (χ4n) is 5.39. The summed E-state index contributed by atoms with van der Waals surface area (Å²) >= 11 is 0. The first-order chi connectivity index (χ1) is 9.53. The average molecular weight is 273 g/mol. The van der Waals surface area contributed by atoms with Crippen LogP contribution in [0.15, 0.2) is 6.07 Å². The SMILES string of the molecule is Cc1cc(C(=O)NC23CC4CC(CC(C4)C2)C3)n(C)n1. The summed E-state index contributed by atoms with van der Waals surface area (Å²) in [5.74, 6) is 2.63. The zero-order valence-corrected chi connectivity index (χ0v) is 12.4. The predicted molar refractivity (Wildman–Crippen MR) is 76.3 cm³/mol. The molecular weight excluding hydrogens is 250 g/mol. The van der Waals surface area contributed by atoms with Crippen LogP contribution >= 0.6 is 0 Å². The summed E-state index contributed by atoms with van der Waals surface area (Å²) in [6.45, 7) is 1.93. The molecule has 0 spiro atoms. The minimum absolute atomic E-state index is 0.0649. The fraction of sp³-hybridized carbons (Fsp3) is 0.750. The van der Waals surface area contributed by atoms with Crippen LogP contribution in [0.4, 0.5) is 0 Å². The average Bonchev–Trinajstić information content (AvgIpc) is 2.66. The van der Waals surface area contributed by atoms with E-state index in [1.807, 2.05) is 20.0 Å². The van der Waals surface area contributed by atoms with Crippen molar-refractivity contribution < 1.29 is 4.79 Å². The number of aromatic nitrogens is 2. The fourth-order valence-corrected chi connectivity index (χ4v) is 5.39. The highest BCUT2D eigenvalue weighted by Crippen LogP contribution is 2.55. The standard InChI is InChI=1S/C16H23N3O/c1-10-3-14(19(2)18-10)15(20)17-16-7-11-4-12(8-16)6-13(5-11)9-16/h3,11-13H,4-9H2,1-2H3,(H,17,20). The molecule has 1 heterocycles. The van der Waals surface area contributed by atoms with Crippen LogP contribution in [0.1, 0.15) is 54.7 Å². The minimum atomic E-state index is 0.0649. The van der Waals surface area contributed by atoms with Gasteiger partial charge in [-0.1, -0.05) is 0 Å². The second-order valence-electron chi connectivity index (χ2n) is 7.45. The Morgan fingerprint density at radius 1 is 1.25 bits per heavy atom. The molecule has 1 aromatic heterocycles. The molecule has 20 heavy (non-hydrogen) atoms. The van der Waals surface area contributed by atoms with Crippen LogP contribution in [0, 0.1) is 24.7 Å². The number of carbonyl (C=O) groups excluding carboxylic acids is 1. The van der Waals surface area contributed by atoms with Gasteiger partial charge in [-0.25, -0.2) is 0 Å². The summed E-state index contributed by atoms with van der Waals surface area (Å²) in [6, 6.07) is 1.88. The van der Waals surface area contributed by atoms with Gasteiger partial charge in [-0.3, -0.25) is 9.48 Å². The molecule has 1 aromatic rings.